The molecular formula is C15H26FN3O2. The second kappa shape index (κ2) is 8.26. The first-order valence-corrected chi connectivity index (χ1v) is 7.01. The number of anilines is 1. The van der Waals surface area contributed by atoms with Crippen LogP contribution in [0, 0.1) is 5.82 Å². The van der Waals surface area contributed by atoms with E-state index in [-0.39, 0.29) is 23.3 Å². The molecule has 0 spiro atoms. The van der Waals surface area contributed by atoms with Crippen molar-refractivity contribution in [1.29, 1.82) is 0 Å². The van der Waals surface area contributed by atoms with Gasteiger partial charge in [0.1, 0.15) is 0 Å². The number of nitrogens with one attached hydrogen (secondary N) is 2. The summed E-state index contributed by atoms with van der Waals surface area (Å²) in [5.74, 6) is -0.0946. The summed E-state index contributed by atoms with van der Waals surface area (Å²) in [6.07, 6.45) is 1.45. The molecule has 0 amide bonds. The second-order valence-electron chi connectivity index (χ2n) is 5.93. The quantitative estimate of drug-likeness (QED) is 0.770. The maximum absolute atomic E-state index is 14.4. The zero-order valence-corrected chi connectivity index (χ0v) is 13.5. The largest absolute Gasteiger partial charge is 0.382 e. The molecule has 1 aromatic heterocycles. The van der Waals surface area contributed by atoms with E-state index < -0.39 is 0 Å². The van der Waals surface area contributed by atoms with E-state index in [9.17, 15) is 4.39 Å². The molecule has 0 aliphatic rings. The normalized spacial score (nSPS) is 13.2. The van der Waals surface area contributed by atoms with Crippen molar-refractivity contribution in [2.24, 2.45) is 0 Å². The highest BCUT2D eigenvalue weighted by atomic mass is 19.1. The number of pyridine rings is 1. The molecule has 0 aliphatic carbocycles. The van der Waals surface area contributed by atoms with Crippen LogP contribution in [0.2, 0.25) is 0 Å². The van der Waals surface area contributed by atoms with Crippen LogP contribution in [0.15, 0.2) is 12.3 Å². The Hall–Kier alpha value is -1.24. The van der Waals surface area contributed by atoms with Crippen LogP contribution in [0.4, 0.5) is 10.2 Å². The van der Waals surface area contributed by atoms with Gasteiger partial charge in [0.05, 0.1) is 12.7 Å². The lowest BCUT2D eigenvalue weighted by Gasteiger charge is -2.21. The highest BCUT2D eigenvalue weighted by molar-refractivity contribution is 5.40. The van der Waals surface area contributed by atoms with Crippen LogP contribution in [-0.2, 0) is 16.0 Å². The van der Waals surface area contributed by atoms with Crippen molar-refractivity contribution >= 4 is 5.82 Å². The molecule has 120 valence electrons. The SMILES string of the molecule is COCC(CNc1nccc(CNC(C)(C)C)c1F)OC. The molecule has 1 heterocycles. The molecule has 0 saturated carbocycles. The third-order valence-electron chi connectivity index (χ3n) is 2.96. The number of hydrogen-bond acceptors (Lipinski definition) is 5. The molecule has 1 rings (SSSR count). The van der Waals surface area contributed by atoms with Gasteiger partial charge in [0.25, 0.3) is 0 Å². The minimum Gasteiger partial charge on any atom is -0.382 e. The van der Waals surface area contributed by atoms with E-state index in [2.05, 4.69) is 15.6 Å². The molecule has 1 atom stereocenters. The third-order valence-corrected chi connectivity index (χ3v) is 2.96. The minimum atomic E-state index is -0.332. The van der Waals surface area contributed by atoms with Gasteiger partial charge in [0.2, 0.25) is 0 Å². The number of nitrogens with zero attached hydrogens (tertiary/aromatic N) is 1. The van der Waals surface area contributed by atoms with Gasteiger partial charge in [0.15, 0.2) is 11.6 Å². The first-order chi connectivity index (χ1) is 9.87. The summed E-state index contributed by atoms with van der Waals surface area (Å²) in [5, 5.41) is 6.23. The molecule has 5 nitrogen and oxygen atoms in total. The summed E-state index contributed by atoms with van der Waals surface area (Å²) in [4.78, 5) is 4.04. The van der Waals surface area contributed by atoms with Crippen molar-refractivity contribution in [1.82, 2.24) is 10.3 Å². The summed E-state index contributed by atoms with van der Waals surface area (Å²) < 4.78 is 24.6. The molecule has 1 unspecified atom stereocenters. The van der Waals surface area contributed by atoms with Crippen LogP contribution < -0.4 is 10.6 Å². The fourth-order valence-electron chi connectivity index (χ4n) is 1.71. The van der Waals surface area contributed by atoms with Gasteiger partial charge >= 0.3 is 0 Å². The Labute approximate surface area is 126 Å². The number of aromatic nitrogens is 1. The van der Waals surface area contributed by atoms with Crippen LogP contribution in [0.5, 0.6) is 0 Å². The summed E-state index contributed by atoms with van der Waals surface area (Å²) in [7, 11) is 3.20. The number of methoxy groups -OCH3 is 2. The van der Waals surface area contributed by atoms with Gasteiger partial charge in [0, 0.05) is 44.6 Å². The molecule has 0 bridgehead atoms. The van der Waals surface area contributed by atoms with Crippen LogP contribution in [0.3, 0.4) is 0 Å². The molecule has 0 saturated heterocycles. The zero-order valence-electron chi connectivity index (χ0n) is 13.5. The average molecular weight is 299 g/mol. The molecule has 6 heteroatoms. The van der Waals surface area contributed by atoms with E-state index in [4.69, 9.17) is 9.47 Å². The Kier molecular flexibility index (Phi) is 7.01. The Morgan fingerprint density at radius 2 is 2.05 bits per heavy atom. The van der Waals surface area contributed by atoms with Gasteiger partial charge in [-0.25, -0.2) is 9.37 Å². The summed E-state index contributed by atoms with van der Waals surface area (Å²) in [6.45, 7) is 7.46. The predicted molar refractivity (Wildman–Crippen MR) is 82.0 cm³/mol. The molecule has 0 aromatic carbocycles. The molecule has 21 heavy (non-hydrogen) atoms. The third kappa shape index (κ3) is 6.37. The van der Waals surface area contributed by atoms with Crippen molar-refractivity contribution in [2.45, 2.75) is 39.0 Å². The maximum Gasteiger partial charge on any atom is 0.169 e. The summed E-state index contributed by atoms with van der Waals surface area (Å²) >= 11 is 0. The van der Waals surface area contributed by atoms with E-state index in [0.717, 1.165) is 0 Å². The van der Waals surface area contributed by atoms with Crippen LogP contribution in [0.25, 0.3) is 0 Å². The van der Waals surface area contributed by atoms with E-state index >= 15 is 0 Å². The first-order valence-electron chi connectivity index (χ1n) is 7.01. The van der Waals surface area contributed by atoms with Gasteiger partial charge in [-0.05, 0) is 26.8 Å². The van der Waals surface area contributed by atoms with Gasteiger partial charge in [-0.2, -0.15) is 0 Å². The lowest BCUT2D eigenvalue weighted by atomic mass is 10.1. The van der Waals surface area contributed by atoms with Crippen molar-refractivity contribution in [3.63, 3.8) is 0 Å². The number of hydrogen-bond donors (Lipinski definition) is 2. The second-order valence-corrected chi connectivity index (χ2v) is 5.93. The van der Waals surface area contributed by atoms with Gasteiger partial charge in [-0.15, -0.1) is 0 Å². The van der Waals surface area contributed by atoms with Crippen molar-refractivity contribution in [2.75, 3.05) is 32.7 Å². The molecule has 0 aliphatic heterocycles. The smallest absolute Gasteiger partial charge is 0.169 e. The zero-order chi connectivity index (χ0) is 15.9. The standard InChI is InChI=1S/C15H26FN3O2/c1-15(2,3)19-8-11-6-7-17-14(13(11)16)18-9-12(21-5)10-20-4/h6-7,12,19H,8-10H2,1-5H3,(H,17,18). The van der Waals surface area contributed by atoms with Gasteiger partial charge in [-0.1, -0.05) is 0 Å². The highest BCUT2D eigenvalue weighted by Crippen LogP contribution is 2.16. The van der Waals surface area contributed by atoms with E-state index in [1.54, 1.807) is 26.5 Å². The van der Waals surface area contributed by atoms with Crippen molar-refractivity contribution < 1.29 is 13.9 Å². The van der Waals surface area contributed by atoms with E-state index in [1.807, 2.05) is 20.8 Å². The van der Waals surface area contributed by atoms with Crippen molar-refractivity contribution in [3.8, 4) is 0 Å². The lowest BCUT2D eigenvalue weighted by molar-refractivity contribution is 0.0365. The maximum atomic E-state index is 14.4. The molecular weight excluding hydrogens is 273 g/mol. The molecule has 2 N–H and O–H groups in total. The first kappa shape index (κ1) is 17.8. The fourth-order valence-corrected chi connectivity index (χ4v) is 1.71. The Bertz CT molecular complexity index is 435. The molecule has 0 fully saturated rings. The monoisotopic (exact) mass is 299 g/mol. The van der Waals surface area contributed by atoms with E-state index in [1.165, 1.54) is 0 Å². The fraction of sp³-hybridized carbons (Fsp3) is 0.667. The Morgan fingerprint density at radius 1 is 1.33 bits per heavy atom. The number of rotatable bonds is 8. The molecule has 0 radical (unpaired) electrons. The minimum absolute atomic E-state index is 0.0666. The van der Waals surface area contributed by atoms with Crippen LogP contribution in [0.1, 0.15) is 26.3 Å². The number of ether oxygens (including phenoxy) is 2. The molecule has 1 aromatic rings. The highest BCUT2D eigenvalue weighted by Gasteiger charge is 2.14. The van der Waals surface area contributed by atoms with E-state index in [0.29, 0.717) is 25.3 Å². The van der Waals surface area contributed by atoms with Crippen molar-refractivity contribution in [3.05, 3.63) is 23.6 Å². The Morgan fingerprint density at radius 3 is 2.62 bits per heavy atom. The number of halogens is 1. The lowest BCUT2D eigenvalue weighted by Crippen LogP contribution is -2.35. The predicted octanol–water partition coefficient (Wildman–Crippen LogP) is 2.18. The summed E-state index contributed by atoms with van der Waals surface area (Å²) in [5.41, 5.74) is 0.520. The van der Waals surface area contributed by atoms with Crippen LogP contribution >= 0.6 is 0 Å². The Balaban J connectivity index is 2.67. The van der Waals surface area contributed by atoms with Crippen LogP contribution in [-0.4, -0.2) is 44.0 Å². The topological polar surface area (TPSA) is 55.4 Å². The average Bonchev–Trinajstić information content (AvgIpc) is 2.42. The summed E-state index contributed by atoms with van der Waals surface area (Å²) in [6, 6.07) is 1.68. The van der Waals surface area contributed by atoms with Gasteiger partial charge in [-0.3, -0.25) is 0 Å². The van der Waals surface area contributed by atoms with Gasteiger partial charge < -0.3 is 20.1 Å².